The molecule has 5 heteroatoms. The molecule has 0 radical (unpaired) electrons. The normalized spacial score (nSPS) is 14.9. The Balaban J connectivity index is 2.01. The second kappa shape index (κ2) is 7.67. The van der Waals surface area contributed by atoms with Gasteiger partial charge in [0.05, 0.1) is 16.5 Å². The highest BCUT2D eigenvalue weighted by atomic mass is 79.9. The topological polar surface area (TPSA) is 20.3 Å². The molecule has 0 N–H and O–H groups in total. The van der Waals surface area contributed by atoms with Gasteiger partial charge in [0.25, 0.3) is 0 Å². The molecule has 0 spiro atoms. The SMILES string of the molecule is O=C(Cc1ccc(Cl)c(Cl)c1)N(CCCBr)C1CCC1. The Labute approximate surface area is 138 Å². The van der Waals surface area contributed by atoms with Crippen molar-refractivity contribution >= 4 is 45.0 Å². The highest BCUT2D eigenvalue weighted by Crippen LogP contribution is 2.27. The Kier molecular flexibility index (Phi) is 6.19. The number of benzene rings is 1. The molecule has 0 atom stereocenters. The van der Waals surface area contributed by atoms with Crippen molar-refractivity contribution in [3.05, 3.63) is 33.8 Å². The van der Waals surface area contributed by atoms with E-state index in [-0.39, 0.29) is 5.91 Å². The molecule has 0 unspecified atom stereocenters. The van der Waals surface area contributed by atoms with Crippen molar-refractivity contribution in [3.63, 3.8) is 0 Å². The molecule has 0 aliphatic heterocycles. The summed E-state index contributed by atoms with van der Waals surface area (Å²) in [6.07, 6.45) is 4.89. The summed E-state index contributed by atoms with van der Waals surface area (Å²) in [6.45, 7) is 0.829. The minimum absolute atomic E-state index is 0.189. The van der Waals surface area contributed by atoms with Gasteiger partial charge in [0.15, 0.2) is 0 Å². The maximum atomic E-state index is 12.5. The lowest BCUT2D eigenvalue weighted by atomic mass is 9.91. The maximum Gasteiger partial charge on any atom is 0.227 e. The van der Waals surface area contributed by atoms with E-state index in [1.165, 1.54) is 6.42 Å². The first-order valence-corrected chi connectivity index (χ1v) is 8.79. The summed E-state index contributed by atoms with van der Waals surface area (Å²) in [6, 6.07) is 5.84. The van der Waals surface area contributed by atoms with Crippen molar-refractivity contribution in [1.29, 1.82) is 0 Å². The third kappa shape index (κ3) is 4.12. The molecule has 0 heterocycles. The smallest absolute Gasteiger partial charge is 0.227 e. The fourth-order valence-electron chi connectivity index (χ4n) is 2.37. The fraction of sp³-hybridized carbons (Fsp3) is 0.533. The molecular formula is C15H18BrCl2NO. The predicted octanol–water partition coefficient (Wildman–Crippen LogP) is 4.70. The second-order valence-corrected chi connectivity index (χ2v) is 6.75. The van der Waals surface area contributed by atoms with Crippen LogP contribution in [-0.2, 0) is 11.2 Å². The largest absolute Gasteiger partial charge is 0.339 e. The molecule has 1 aromatic carbocycles. The molecular weight excluding hydrogens is 361 g/mol. The summed E-state index contributed by atoms with van der Waals surface area (Å²) in [5.74, 6) is 0.189. The lowest BCUT2D eigenvalue weighted by Crippen LogP contribution is -2.45. The molecule has 20 heavy (non-hydrogen) atoms. The number of amides is 1. The molecule has 2 nitrogen and oxygen atoms in total. The minimum atomic E-state index is 0.189. The van der Waals surface area contributed by atoms with Crippen molar-refractivity contribution in [3.8, 4) is 0 Å². The summed E-state index contributed by atoms with van der Waals surface area (Å²) < 4.78 is 0. The molecule has 1 saturated carbocycles. The Morgan fingerprint density at radius 2 is 2.05 bits per heavy atom. The molecule has 2 rings (SSSR count). The van der Waals surface area contributed by atoms with Crippen LogP contribution in [-0.4, -0.2) is 28.7 Å². The second-order valence-electron chi connectivity index (χ2n) is 5.14. The zero-order chi connectivity index (χ0) is 14.5. The molecule has 1 fully saturated rings. The first kappa shape index (κ1) is 16.1. The van der Waals surface area contributed by atoms with E-state index in [1.54, 1.807) is 12.1 Å². The van der Waals surface area contributed by atoms with E-state index in [0.29, 0.717) is 22.5 Å². The monoisotopic (exact) mass is 377 g/mol. The van der Waals surface area contributed by atoms with E-state index in [1.807, 2.05) is 11.0 Å². The van der Waals surface area contributed by atoms with Crippen LogP contribution in [0.15, 0.2) is 18.2 Å². The third-order valence-electron chi connectivity index (χ3n) is 3.71. The van der Waals surface area contributed by atoms with Crippen LogP contribution in [0.2, 0.25) is 10.0 Å². The van der Waals surface area contributed by atoms with E-state index in [9.17, 15) is 4.79 Å². The Hall–Kier alpha value is -0.250. The van der Waals surface area contributed by atoms with E-state index in [0.717, 1.165) is 36.7 Å². The quantitative estimate of drug-likeness (QED) is 0.657. The fourth-order valence-corrected chi connectivity index (χ4v) is 2.94. The Morgan fingerprint density at radius 3 is 2.60 bits per heavy atom. The van der Waals surface area contributed by atoms with Crippen molar-refractivity contribution in [2.24, 2.45) is 0 Å². The number of nitrogens with zero attached hydrogens (tertiary/aromatic N) is 1. The van der Waals surface area contributed by atoms with E-state index in [4.69, 9.17) is 23.2 Å². The summed E-state index contributed by atoms with van der Waals surface area (Å²) in [7, 11) is 0. The maximum absolute atomic E-state index is 12.5. The molecule has 0 aromatic heterocycles. The zero-order valence-electron chi connectivity index (χ0n) is 11.2. The van der Waals surface area contributed by atoms with Crippen molar-refractivity contribution in [1.82, 2.24) is 4.90 Å². The number of rotatable bonds is 6. The van der Waals surface area contributed by atoms with Gasteiger partial charge in [-0.2, -0.15) is 0 Å². The van der Waals surface area contributed by atoms with Crippen LogP contribution in [0.25, 0.3) is 0 Å². The molecule has 0 bridgehead atoms. The number of alkyl halides is 1. The van der Waals surface area contributed by atoms with Gasteiger partial charge in [-0.05, 0) is 43.4 Å². The van der Waals surface area contributed by atoms with Crippen LogP contribution in [0.3, 0.4) is 0 Å². The number of carbonyl (C=O) groups is 1. The standard InChI is InChI=1S/C15H18BrCl2NO/c16-7-2-8-19(12-3-1-4-12)15(20)10-11-5-6-13(17)14(18)9-11/h5-6,9,12H,1-4,7-8,10H2. The molecule has 0 saturated heterocycles. The average molecular weight is 379 g/mol. The Bertz CT molecular complexity index is 477. The van der Waals surface area contributed by atoms with Gasteiger partial charge in [-0.15, -0.1) is 0 Å². The van der Waals surface area contributed by atoms with Gasteiger partial charge in [0.1, 0.15) is 0 Å². The number of hydrogen-bond donors (Lipinski definition) is 0. The van der Waals surface area contributed by atoms with Crippen LogP contribution >= 0.6 is 39.1 Å². The minimum Gasteiger partial charge on any atom is -0.339 e. The van der Waals surface area contributed by atoms with Gasteiger partial charge in [0.2, 0.25) is 5.91 Å². The van der Waals surface area contributed by atoms with Crippen LogP contribution in [0.5, 0.6) is 0 Å². The van der Waals surface area contributed by atoms with Crippen molar-refractivity contribution in [2.45, 2.75) is 38.1 Å². The summed E-state index contributed by atoms with van der Waals surface area (Å²) in [4.78, 5) is 14.5. The first-order valence-electron chi connectivity index (χ1n) is 6.91. The predicted molar refractivity (Wildman–Crippen MR) is 87.9 cm³/mol. The average Bonchev–Trinajstić information content (AvgIpc) is 2.36. The van der Waals surface area contributed by atoms with Gasteiger partial charge in [-0.25, -0.2) is 0 Å². The number of carbonyl (C=O) groups excluding carboxylic acids is 1. The van der Waals surface area contributed by atoms with Crippen LogP contribution in [0.4, 0.5) is 0 Å². The summed E-state index contributed by atoms with van der Waals surface area (Å²) in [5.41, 5.74) is 0.924. The Morgan fingerprint density at radius 1 is 1.30 bits per heavy atom. The summed E-state index contributed by atoms with van der Waals surface area (Å²) in [5, 5.41) is 1.96. The van der Waals surface area contributed by atoms with Crippen molar-refractivity contribution in [2.75, 3.05) is 11.9 Å². The molecule has 1 amide bonds. The molecule has 110 valence electrons. The van der Waals surface area contributed by atoms with Gasteiger partial charge < -0.3 is 4.90 Å². The van der Waals surface area contributed by atoms with Crippen LogP contribution < -0.4 is 0 Å². The molecule has 1 aromatic rings. The molecule has 1 aliphatic carbocycles. The lowest BCUT2D eigenvalue weighted by Gasteiger charge is -2.37. The molecule has 1 aliphatic rings. The highest BCUT2D eigenvalue weighted by molar-refractivity contribution is 9.09. The number of halogens is 3. The van der Waals surface area contributed by atoms with Crippen LogP contribution in [0.1, 0.15) is 31.2 Å². The van der Waals surface area contributed by atoms with Gasteiger partial charge in [-0.1, -0.05) is 45.2 Å². The summed E-state index contributed by atoms with van der Waals surface area (Å²) >= 11 is 15.3. The van der Waals surface area contributed by atoms with Gasteiger partial charge in [-0.3, -0.25) is 4.79 Å². The van der Waals surface area contributed by atoms with Gasteiger partial charge >= 0.3 is 0 Å². The highest BCUT2D eigenvalue weighted by Gasteiger charge is 2.28. The van der Waals surface area contributed by atoms with Gasteiger partial charge in [0, 0.05) is 17.9 Å². The first-order chi connectivity index (χ1) is 9.61. The lowest BCUT2D eigenvalue weighted by molar-refractivity contribution is -0.134. The van der Waals surface area contributed by atoms with E-state index in [2.05, 4.69) is 15.9 Å². The van der Waals surface area contributed by atoms with Crippen molar-refractivity contribution < 1.29 is 4.79 Å². The zero-order valence-corrected chi connectivity index (χ0v) is 14.3. The third-order valence-corrected chi connectivity index (χ3v) is 5.01. The van der Waals surface area contributed by atoms with Crippen LogP contribution in [0, 0.1) is 0 Å². The number of hydrogen-bond acceptors (Lipinski definition) is 1. The van der Waals surface area contributed by atoms with E-state index < -0.39 is 0 Å². The van der Waals surface area contributed by atoms with E-state index >= 15 is 0 Å².